The number of unbranched alkanes of at least 4 members (excludes halogenated alkanes) is 1. The van der Waals surface area contributed by atoms with E-state index >= 15 is 0 Å². The minimum absolute atomic E-state index is 0.0660. The summed E-state index contributed by atoms with van der Waals surface area (Å²) in [5.41, 5.74) is 0.519. The van der Waals surface area contributed by atoms with Gasteiger partial charge in [0, 0.05) is 17.2 Å². The van der Waals surface area contributed by atoms with Gasteiger partial charge in [-0.15, -0.1) is 0 Å². The van der Waals surface area contributed by atoms with Crippen LogP contribution in [0.2, 0.25) is 0 Å². The van der Waals surface area contributed by atoms with Crippen LogP contribution in [0.15, 0.2) is 18.2 Å². The highest BCUT2D eigenvalue weighted by atomic mass is 32.1. The van der Waals surface area contributed by atoms with Gasteiger partial charge < -0.3 is 9.47 Å². The Balaban J connectivity index is 2.46. The summed E-state index contributed by atoms with van der Waals surface area (Å²) in [4.78, 5) is 23.2. The molecule has 1 aromatic rings. The lowest BCUT2D eigenvalue weighted by atomic mass is 10.1. The Morgan fingerprint density at radius 1 is 1.17 bits per heavy atom. The normalized spacial score (nSPS) is 11.8. The van der Waals surface area contributed by atoms with E-state index in [0.717, 1.165) is 31.4 Å². The van der Waals surface area contributed by atoms with E-state index in [0.29, 0.717) is 28.7 Å². The highest BCUT2D eigenvalue weighted by Gasteiger charge is 2.12. The summed E-state index contributed by atoms with van der Waals surface area (Å²) in [6.07, 6.45) is 3.97. The topological polar surface area (TPSA) is 52.6 Å². The van der Waals surface area contributed by atoms with Crippen molar-refractivity contribution in [2.24, 2.45) is 0 Å². The van der Waals surface area contributed by atoms with Crippen LogP contribution in [-0.2, 0) is 4.79 Å². The van der Waals surface area contributed by atoms with Gasteiger partial charge in [-0.1, -0.05) is 6.42 Å². The molecule has 1 aromatic carbocycles. The van der Waals surface area contributed by atoms with Crippen molar-refractivity contribution >= 4 is 37.0 Å². The third-order valence-electron chi connectivity index (χ3n) is 3.42. The number of thiol groups is 2. The number of ketones is 1. The SMILES string of the molecule is COc1cc(C(C)=O)ccc1OC(=O)CCCCC(S)CCS. The predicted octanol–water partition coefficient (Wildman–Crippen LogP) is 3.98. The minimum atomic E-state index is -0.302. The average molecular weight is 357 g/mol. The molecule has 128 valence electrons. The molecule has 0 aliphatic rings. The highest BCUT2D eigenvalue weighted by Crippen LogP contribution is 2.28. The Morgan fingerprint density at radius 3 is 2.52 bits per heavy atom. The fourth-order valence-electron chi connectivity index (χ4n) is 2.09. The van der Waals surface area contributed by atoms with Gasteiger partial charge >= 0.3 is 5.97 Å². The van der Waals surface area contributed by atoms with Gasteiger partial charge in [-0.25, -0.2) is 0 Å². The van der Waals surface area contributed by atoms with Crippen molar-refractivity contribution in [2.45, 2.75) is 44.3 Å². The number of ether oxygens (including phenoxy) is 2. The molecule has 4 nitrogen and oxygen atoms in total. The molecular weight excluding hydrogens is 332 g/mol. The molecule has 23 heavy (non-hydrogen) atoms. The van der Waals surface area contributed by atoms with Crippen molar-refractivity contribution in [2.75, 3.05) is 12.9 Å². The van der Waals surface area contributed by atoms with Crippen LogP contribution in [0.1, 0.15) is 49.4 Å². The van der Waals surface area contributed by atoms with Crippen molar-refractivity contribution in [1.29, 1.82) is 0 Å². The lowest BCUT2D eigenvalue weighted by Crippen LogP contribution is -2.09. The van der Waals surface area contributed by atoms with Crippen LogP contribution in [-0.4, -0.2) is 29.9 Å². The molecule has 0 saturated carbocycles. The predicted molar refractivity (Wildman–Crippen MR) is 98.3 cm³/mol. The standard InChI is InChI=1S/C17H24O4S2/c1-12(18)13-7-8-15(16(11-13)20-2)21-17(19)6-4-3-5-14(23)9-10-22/h7-8,11,14,22-23H,3-6,9-10H2,1-2H3. The zero-order chi connectivity index (χ0) is 17.2. The Bertz CT molecular complexity index is 531. The van der Waals surface area contributed by atoms with E-state index in [-0.39, 0.29) is 11.8 Å². The number of methoxy groups -OCH3 is 1. The number of benzene rings is 1. The first-order chi connectivity index (χ1) is 11.0. The molecule has 0 saturated heterocycles. The van der Waals surface area contributed by atoms with Crippen LogP contribution in [0.25, 0.3) is 0 Å². The summed E-state index contributed by atoms with van der Waals surface area (Å²) in [6.45, 7) is 1.48. The first kappa shape index (κ1) is 19.9. The van der Waals surface area contributed by atoms with E-state index in [4.69, 9.17) is 9.47 Å². The van der Waals surface area contributed by atoms with E-state index in [1.54, 1.807) is 18.2 Å². The van der Waals surface area contributed by atoms with Crippen molar-refractivity contribution in [3.05, 3.63) is 23.8 Å². The van der Waals surface area contributed by atoms with E-state index in [9.17, 15) is 9.59 Å². The quantitative estimate of drug-likeness (QED) is 0.219. The van der Waals surface area contributed by atoms with E-state index < -0.39 is 0 Å². The van der Waals surface area contributed by atoms with Gasteiger partial charge in [-0.2, -0.15) is 25.3 Å². The average Bonchev–Trinajstić information content (AvgIpc) is 2.52. The Labute approximate surface area is 148 Å². The Hall–Kier alpha value is -1.14. The molecule has 0 spiro atoms. The van der Waals surface area contributed by atoms with Gasteiger partial charge in [0.25, 0.3) is 0 Å². The van der Waals surface area contributed by atoms with Crippen LogP contribution in [0, 0.1) is 0 Å². The van der Waals surface area contributed by atoms with E-state index in [2.05, 4.69) is 25.3 Å². The monoisotopic (exact) mass is 356 g/mol. The van der Waals surface area contributed by atoms with Crippen molar-refractivity contribution < 1.29 is 19.1 Å². The number of hydrogen-bond donors (Lipinski definition) is 2. The molecule has 1 unspecified atom stereocenters. The number of rotatable bonds is 10. The zero-order valence-electron chi connectivity index (χ0n) is 13.6. The molecule has 0 amide bonds. The van der Waals surface area contributed by atoms with Crippen LogP contribution in [0.3, 0.4) is 0 Å². The maximum Gasteiger partial charge on any atom is 0.311 e. The Morgan fingerprint density at radius 2 is 1.91 bits per heavy atom. The third-order valence-corrected chi connectivity index (χ3v) is 4.20. The largest absolute Gasteiger partial charge is 0.493 e. The molecule has 0 N–H and O–H groups in total. The second kappa shape index (κ2) is 10.6. The minimum Gasteiger partial charge on any atom is -0.493 e. The van der Waals surface area contributed by atoms with Crippen molar-refractivity contribution in [1.82, 2.24) is 0 Å². The Kier molecular flexibility index (Phi) is 9.17. The second-order valence-electron chi connectivity index (χ2n) is 5.31. The van der Waals surface area contributed by atoms with Gasteiger partial charge in [-0.3, -0.25) is 9.59 Å². The zero-order valence-corrected chi connectivity index (χ0v) is 15.4. The molecule has 0 aliphatic carbocycles. The summed E-state index contributed by atoms with van der Waals surface area (Å²) in [5, 5.41) is 0.336. The fraction of sp³-hybridized carbons (Fsp3) is 0.529. The second-order valence-corrected chi connectivity index (χ2v) is 6.49. The third kappa shape index (κ3) is 7.31. The number of esters is 1. The van der Waals surface area contributed by atoms with Crippen molar-refractivity contribution in [3.63, 3.8) is 0 Å². The van der Waals surface area contributed by atoms with Crippen LogP contribution < -0.4 is 9.47 Å². The maximum absolute atomic E-state index is 11.9. The molecule has 0 fully saturated rings. The first-order valence-corrected chi connectivity index (χ1v) is 8.81. The molecule has 0 aromatic heterocycles. The fourth-order valence-corrected chi connectivity index (χ4v) is 2.91. The summed E-state index contributed by atoms with van der Waals surface area (Å²) in [5.74, 6) is 1.18. The molecular formula is C17H24O4S2. The molecule has 6 heteroatoms. The van der Waals surface area contributed by atoms with E-state index in [1.807, 2.05) is 0 Å². The number of hydrogen-bond acceptors (Lipinski definition) is 6. The van der Waals surface area contributed by atoms with Crippen molar-refractivity contribution in [3.8, 4) is 11.5 Å². The first-order valence-electron chi connectivity index (χ1n) is 7.66. The summed E-state index contributed by atoms with van der Waals surface area (Å²) in [6, 6.07) is 4.79. The van der Waals surface area contributed by atoms with Crippen LogP contribution >= 0.6 is 25.3 Å². The summed E-state index contributed by atoms with van der Waals surface area (Å²) >= 11 is 8.63. The number of carbonyl (C=O) groups is 2. The molecule has 0 heterocycles. The highest BCUT2D eigenvalue weighted by molar-refractivity contribution is 7.81. The summed E-state index contributed by atoms with van der Waals surface area (Å²) in [7, 11) is 1.48. The van der Waals surface area contributed by atoms with Gasteiger partial charge in [0.1, 0.15) is 0 Å². The smallest absolute Gasteiger partial charge is 0.311 e. The van der Waals surface area contributed by atoms with Crippen LogP contribution in [0.5, 0.6) is 11.5 Å². The van der Waals surface area contributed by atoms with Gasteiger partial charge in [0.15, 0.2) is 17.3 Å². The molecule has 1 atom stereocenters. The maximum atomic E-state index is 11.9. The number of Topliss-reactive ketones (excluding diaryl/α,β-unsaturated/α-hetero) is 1. The molecule has 1 rings (SSSR count). The lowest BCUT2D eigenvalue weighted by molar-refractivity contribution is -0.134. The van der Waals surface area contributed by atoms with E-state index in [1.165, 1.54) is 14.0 Å². The molecule has 0 radical (unpaired) electrons. The molecule has 0 aliphatic heterocycles. The number of carbonyl (C=O) groups excluding carboxylic acids is 2. The van der Waals surface area contributed by atoms with Gasteiger partial charge in [0.05, 0.1) is 7.11 Å². The summed E-state index contributed by atoms with van der Waals surface area (Å²) < 4.78 is 10.5. The lowest BCUT2D eigenvalue weighted by Gasteiger charge is -2.11. The van der Waals surface area contributed by atoms with Gasteiger partial charge in [-0.05, 0) is 50.1 Å². The molecule has 0 bridgehead atoms. The van der Waals surface area contributed by atoms with Gasteiger partial charge in [0.2, 0.25) is 0 Å². The van der Waals surface area contributed by atoms with Crippen LogP contribution in [0.4, 0.5) is 0 Å².